The standard InChI is InChI=1S/C18H23BrO/c1-6-20-13-18(11-14(2)3,12-15(4)5)16-7-9-17(19)10-8-16/h6-10H,1-2,4,11-13H2,3,5H3. The number of rotatable bonds is 8. The van der Waals surface area contributed by atoms with Crippen molar-refractivity contribution in [3.63, 3.8) is 0 Å². The first-order valence-electron chi connectivity index (χ1n) is 6.67. The Balaban J connectivity index is 3.24. The first kappa shape index (κ1) is 16.8. The second kappa shape index (κ2) is 7.49. The van der Waals surface area contributed by atoms with Gasteiger partial charge < -0.3 is 4.74 Å². The maximum atomic E-state index is 5.56. The molecule has 1 nitrogen and oxygen atoms in total. The average molecular weight is 335 g/mol. The van der Waals surface area contributed by atoms with E-state index in [1.54, 1.807) is 0 Å². The van der Waals surface area contributed by atoms with Crippen LogP contribution >= 0.6 is 15.9 Å². The molecule has 1 aromatic rings. The molecule has 0 spiro atoms. The van der Waals surface area contributed by atoms with E-state index in [2.05, 4.69) is 73.8 Å². The van der Waals surface area contributed by atoms with E-state index in [0.717, 1.165) is 28.5 Å². The van der Waals surface area contributed by atoms with Gasteiger partial charge in [-0.05, 0) is 44.4 Å². The van der Waals surface area contributed by atoms with Crippen LogP contribution in [-0.2, 0) is 10.2 Å². The molecule has 0 fully saturated rings. The summed E-state index contributed by atoms with van der Waals surface area (Å²) in [4.78, 5) is 0. The number of hydrogen-bond donors (Lipinski definition) is 0. The van der Waals surface area contributed by atoms with E-state index in [-0.39, 0.29) is 5.41 Å². The molecular weight excluding hydrogens is 312 g/mol. The number of benzene rings is 1. The van der Waals surface area contributed by atoms with Crippen molar-refractivity contribution in [1.29, 1.82) is 0 Å². The van der Waals surface area contributed by atoms with Crippen LogP contribution in [0.25, 0.3) is 0 Å². The summed E-state index contributed by atoms with van der Waals surface area (Å²) in [5, 5.41) is 0. The Bertz CT molecular complexity index is 469. The molecule has 0 aromatic heterocycles. The lowest BCUT2D eigenvalue weighted by Gasteiger charge is -2.34. The van der Waals surface area contributed by atoms with Gasteiger partial charge >= 0.3 is 0 Å². The van der Waals surface area contributed by atoms with Crippen LogP contribution in [0.1, 0.15) is 32.3 Å². The second-order valence-corrected chi connectivity index (χ2v) is 6.45. The molecule has 0 aliphatic rings. The maximum absolute atomic E-state index is 5.56. The topological polar surface area (TPSA) is 9.23 Å². The Hall–Kier alpha value is -1.28. The highest BCUT2D eigenvalue weighted by Gasteiger charge is 2.33. The van der Waals surface area contributed by atoms with Crippen LogP contribution in [0.5, 0.6) is 0 Å². The third-order valence-electron chi connectivity index (χ3n) is 3.21. The summed E-state index contributed by atoms with van der Waals surface area (Å²) in [6, 6.07) is 8.41. The summed E-state index contributed by atoms with van der Waals surface area (Å²) in [6.45, 7) is 16.5. The van der Waals surface area contributed by atoms with Crippen molar-refractivity contribution >= 4 is 15.9 Å². The summed E-state index contributed by atoms with van der Waals surface area (Å²) in [5.41, 5.74) is 3.39. The van der Waals surface area contributed by atoms with Gasteiger partial charge in [-0.15, -0.1) is 13.2 Å². The second-order valence-electron chi connectivity index (χ2n) is 5.53. The highest BCUT2D eigenvalue weighted by molar-refractivity contribution is 9.10. The fourth-order valence-electron chi connectivity index (χ4n) is 2.63. The molecule has 0 atom stereocenters. The molecule has 2 heteroatoms. The Morgan fingerprint density at radius 3 is 2.05 bits per heavy atom. The molecule has 0 amide bonds. The van der Waals surface area contributed by atoms with Gasteiger partial charge in [-0.3, -0.25) is 0 Å². The molecule has 0 radical (unpaired) electrons. The van der Waals surface area contributed by atoms with Crippen LogP contribution in [0, 0.1) is 0 Å². The lowest BCUT2D eigenvalue weighted by atomic mass is 9.72. The van der Waals surface area contributed by atoms with E-state index in [9.17, 15) is 0 Å². The van der Waals surface area contributed by atoms with Crippen LogP contribution in [0.15, 0.2) is 65.9 Å². The molecular formula is C18H23BrO. The summed E-state index contributed by atoms with van der Waals surface area (Å²) in [7, 11) is 0. The minimum atomic E-state index is -0.132. The Morgan fingerprint density at radius 1 is 1.15 bits per heavy atom. The van der Waals surface area contributed by atoms with Gasteiger partial charge in [-0.1, -0.05) is 45.8 Å². The zero-order chi connectivity index (χ0) is 15.2. The van der Waals surface area contributed by atoms with E-state index >= 15 is 0 Å². The molecule has 0 bridgehead atoms. The Morgan fingerprint density at radius 2 is 1.65 bits per heavy atom. The van der Waals surface area contributed by atoms with Crippen LogP contribution < -0.4 is 0 Å². The fourth-order valence-corrected chi connectivity index (χ4v) is 2.89. The minimum absolute atomic E-state index is 0.132. The molecule has 0 saturated carbocycles. The molecule has 1 rings (SSSR count). The number of halogens is 1. The number of hydrogen-bond acceptors (Lipinski definition) is 1. The minimum Gasteiger partial charge on any atom is -0.501 e. The first-order valence-corrected chi connectivity index (χ1v) is 7.46. The highest BCUT2D eigenvalue weighted by atomic mass is 79.9. The van der Waals surface area contributed by atoms with Gasteiger partial charge in [0.05, 0.1) is 12.9 Å². The van der Waals surface area contributed by atoms with Crippen LogP contribution in [0.3, 0.4) is 0 Å². The van der Waals surface area contributed by atoms with Crippen molar-refractivity contribution in [2.75, 3.05) is 6.61 Å². The molecule has 0 heterocycles. The van der Waals surface area contributed by atoms with Gasteiger partial charge in [-0.2, -0.15) is 0 Å². The van der Waals surface area contributed by atoms with Gasteiger partial charge in [0.2, 0.25) is 0 Å². The van der Waals surface area contributed by atoms with Crippen molar-refractivity contribution in [3.8, 4) is 0 Å². The number of ether oxygens (including phenoxy) is 1. The van der Waals surface area contributed by atoms with Gasteiger partial charge in [0, 0.05) is 9.89 Å². The van der Waals surface area contributed by atoms with E-state index in [1.165, 1.54) is 11.8 Å². The van der Waals surface area contributed by atoms with Crippen LogP contribution in [-0.4, -0.2) is 6.61 Å². The van der Waals surface area contributed by atoms with Gasteiger partial charge in [0.1, 0.15) is 0 Å². The largest absolute Gasteiger partial charge is 0.501 e. The monoisotopic (exact) mass is 334 g/mol. The average Bonchev–Trinajstić information content (AvgIpc) is 2.35. The molecule has 1 aromatic carbocycles. The van der Waals surface area contributed by atoms with E-state index in [0.29, 0.717) is 6.61 Å². The van der Waals surface area contributed by atoms with Crippen molar-refractivity contribution < 1.29 is 4.74 Å². The predicted octanol–water partition coefficient (Wildman–Crippen LogP) is 5.78. The van der Waals surface area contributed by atoms with Gasteiger partial charge in [0.15, 0.2) is 0 Å². The molecule has 0 aliphatic carbocycles. The molecule has 20 heavy (non-hydrogen) atoms. The zero-order valence-electron chi connectivity index (χ0n) is 12.4. The quantitative estimate of drug-likeness (QED) is 0.432. The van der Waals surface area contributed by atoms with Crippen molar-refractivity contribution in [2.24, 2.45) is 0 Å². The third kappa shape index (κ3) is 4.68. The van der Waals surface area contributed by atoms with Crippen molar-refractivity contribution in [3.05, 3.63) is 71.4 Å². The fraction of sp³-hybridized carbons (Fsp3) is 0.333. The number of allylic oxidation sites excluding steroid dienone is 2. The van der Waals surface area contributed by atoms with E-state index in [1.807, 2.05) is 0 Å². The SMILES string of the molecule is C=COCC(CC(=C)C)(CC(=C)C)c1ccc(Br)cc1. The lowest BCUT2D eigenvalue weighted by Crippen LogP contribution is -2.32. The van der Waals surface area contributed by atoms with E-state index in [4.69, 9.17) is 4.74 Å². The van der Waals surface area contributed by atoms with Gasteiger partial charge in [0.25, 0.3) is 0 Å². The molecule has 0 N–H and O–H groups in total. The first-order chi connectivity index (χ1) is 9.39. The van der Waals surface area contributed by atoms with Crippen LogP contribution in [0.2, 0.25) is 0 Å². The van der Waals surface area contributed by atoms with Crippen molar-refractivity contribution in [2.45, 2.75) is 32.1 Å². The lowest BCUT2D eigenvalue weighted by molar-refractivity contribution is 0.164. The molecule has 0 saturated heterocycles. The smallest absolute Gasteiger partial charge is 0.0975 e. The predicted molar refractivity (Wildman–Crippen MR) is 90.8 cm³/mol. The third-order valence-corrected chi connectivity index (χ3v) is 3.74. The Labute approximate surface area is 131 Å². The van der Waals surface area contributed by atoms with Gasteiger partial charge in [-0.25, -0.2) is 0 Å². The molecule has 0 unspecified atom stereocenters. The maximum Gasteiger partial charge on any atom is 0.0975 e. The van der Waals surface area contributed by atoms with Crippen LogP contribution in [0.4, 0.5) is 0 Å². The molecule has 0 aliphatic heterocycles. The van der Waals surface area contributed by atoms with Crippen molar-refractivity contribution in [1.82, 2.24) is 0 Å². The zero-order valence-corrected chi connectivity index (χ0v) is 14.0. The summed E-state index contributed by atoms with van der Waals surface area (Å²) >= 11 is 3.48. The normalized spacial score (nSPS) is 10.9. The summed E-state index contributed by atoms with van der Waals surface area (Å²) < 4.78 is 6.63. The molecule has 108 valence electrons. The van der Waals surface area contributed by atoms with E-state index < -0.39 is 0 Å². The summed E-state index contributed by atoms with van der Waals surface area (Å²) in [5.74, 6) is 0. The summed E-state index contributed by atoms with van der Waals surface area (Å²) in [6.07, 6.45) is 3.25. The Kier molecular flexibility index (Phi) is 6.28. The highest BCUT2D eigenvalue weighted by Crippen LogP contribution is 2.37.